The molecule has 1 unspecified atom stereocenters. The van der Waals surface area contributed by atoms with Gasteiger partial charge < -0.3 is 5.32 Å². The van der Waals surface area contributed by atoms with Crippen molar-refractivity contribution in [1.82, 2.24) is 20.0 Å². The fourth-order valence-corrected chi connectivity index (χ4v) is 2.93. The second-order valence-electron chi connectivity index (χ2n) is 5.57. The third-order valence-corrected chi connectivity index (χ3v) is 4.09. The number of hydrogen-bond acceptors (Lipinski definition) is 3. The first kappa shape index (κ1) is 16.9. The molecule has 1 aliphatic heterocycles. The van der Waals surface area contributed by atoms with Crippen molar-refractivity contribution in [1.29, 1.82) is 0 Å². The SMILES string of the molecule is CNC1CCCN(Cc2ccnn2-c2ccc(F)cc2)C1.Cl. The average molecular weight is 325 g/mol. The molecule has 6 heteroatoms. The summed E-state index contributed by atoms with van der Waals surface area (Å²) in [4.78, 5) is 2.45. The van der Waals surface area contributed by atoms with Crippen molar-refractivity contribution in [2.75, 3.05) is 20.1 Å². The number of likely N-dealkylation sites (N-methyl/N-ethyl adjacent to an activating group) is 1. The zero-order valence-corrected chi connectivity index (χ0v) is 13.5. The zero-order valence-electron chi connectivity index (χ0n) is 12.7. The highest BCUT2D eigenvalue weighted by Gasteiger charge is 2.19. The third kappa shape index (κ3) is 3.85. The summed E-state index contributed by atoms with van der Waals surface area (Å²) in [6, 6.07) is 9.07. The maximum atomic E-state index is 13.0. The van der Waals surface area contributed by atoms with E-state index in [4.69, 9.17) is 0 Å². The Bertz CT molecular complexity index is 584. The van der Waals surface area contributed by atoms with Gasteiger partial charge in [0.2, 0.25) is 0 Å². The molecule has 3 rings (SSSR count). The molecular formula is C16H22ClFN4. The first-order valence-corrected chi connectivity index (χ1v) is 7.45. The molecule has 1 N–H and O–H groups in total. The molecule has 0 aliphatic carbocycles. The summed E-state index contributed by atoms with van der Waals surface area (Å²) in [5.41, 5.74) is 2.04. The Morgan fingerprint density at radius 3 is 2.77 bits per heavy atom. The van der Waals surface area contributed by atoms with Gasteiger partial charge in [-0.25, -0.2) is 9.07 Å². The Hall–Kier alpha value is -1.43. The summed E-state index contributed by atoms with van der Waals surface area (Å²) in [5, 5.41) is 7.73. The number of nitrogens with zero attached hydrogens (tertiary/aromatic N) is 3. The number of likely N-dealkylation sites (tertiary alicyclic amines) is 1. The fourth-order valence-electron chi connectivity index (χ4n) is 2.93. The Kier molecular flexibility index (Phi) is 5.94. The minimum Gasteiger partial charge on any atom is -0.316 e. The molecule has 1 fully saturated rings. The molecule has 1 aromatic carbocycles. The van der Waals surface area contributed by atoms with E-state index in [1.807, 2.05) is 17.8 Å². The molecule has 1 aromatic heterocycles. The predicted molar refractivity (Wildman–Crippen MR) is 88.1 cm³/mol. The van der Waals surface area contributed by atoms with Gasteiger partial charge in [0.15, 0.2) is 0 Å². The number of rotatable bonds is 4. The molecule has 2 aromatic rings. The molecule has 0 amide bonds. The van der Waals surface area contributed by atoms with E-state index in [9.17, 15) is 4.39 Å². The van der Waals surface area contributed by atoms with E-state index in [0.717, 1.165) is 31.0 Å². The second kappa shape index (κ2) is 7.72. The smallest absolute Gasteiger partial charge is 0.123 e. The average Bonchev–Trinajstić information content (AvgIpc) is 2.96. The molecule has 22 heavy (non-hydrogen) atoms. The fraction of sp³-hybridized carbons (Fsp3) is 0.438. The Balaban J connectivity index is 0.00000176. The van der Waals surface area contributed by atoms with Crippen molar-refractivity contribution < 1.29 is 4.39 Å². The van der Waals surface area contributed by atoms with Crippen LogP contribution in [0.3, 0.4) is 0 Å². The van der Waals surface area contributed by atoms with Crippen LogP contribution in [0.25, 0.3) is 5.69 Å². The van der Waals surface area contributed by atoms with Crippen LogP contribution in [0, 0.1) is 5.82 Å². The summed E-state index contributed by atoms with van der Waals surface area (Å²) in [6.45, 7) is 3.05. The normalized spacial score (nSPS) is 18.9. The van der Waals surface area contributed by atoms with Gasteiger partial charge in [-0.2, -0.15) is 5.10 Å². The van der Waals surface area contributed by atoms with Crippen molar-refractivity contribution in [2.24, 2.45) is 0 Å². The highest BCUT2D eigenvalue weighted by atomic mass is 35.5. The lowest BCUT2D eigenvalue weighted by Crippen LogP contribution is -2.44. The van der Waals surface area contributed by atoms with Crippen LogP contribution in [0.5, 0.6) is 0 Å². The number of aromatic nitrogens is 2. The van der Waals surface area contributed by atoms with Gasteiger partial charge in [0, 0.05) is 25.3 Å². The molecule has 1 aliphatic rings. The Morgan fingerprint density at radius 2 is 2.05 bits per heavy atom. The topological polar surface area (TPSA) is 33.1 Å². The van der Waals surface area contributed by atoms with Gasteiger partial charge in [0.1, 0.15) is 5.82 Å². The third-order valence-electron chi connectivity index (χ3n) is 4.09. The summed E-state index contributed by atoms with van der Waals surface area (Å²) in [7, 11) is 2.02. The van der Waals surface area contributed by atoms with Gasteiger partial charge in [0.05, 0.1) is 11.4 Å². The number of piperidine rings is 1. The van der Waals surface area contributed by atoms with E-state index in [1.54, 1.807) is 18.3 Å². The lowest BCUT2D eigenvalue weighted by molar-refractivity contribution is 0.185. The Morgan fingerprint density at radius 1 is 1.27 bits per heavy atom. The van der Waals surface area contributed by atoms with Gasteiger partial charge >= 0.3 is 0 Å². The van der Waals surface area contributed by atoms with Crippen LogP contribution in [0.4, 0.5) is 4.39 Å². The molecule has 0 bridgehead atoms. The van der Waals surface area contributed by atoms with Crippen LogP contribution >= 0.6 is 12.4 Å². The maximum Gasteiger partial charge on any atom is 0.123 e. The number of hydrogen-bond donors (Lipinski definition) is 1. The first-order chi connectivity index (χ1) is 10.3. The van der Waals surface area contributed by atoms with Crippen LogP contribution in [0.2, 0.25) is 0 Å². The second-order valence-corrected chi connectivity index (χ2v) is 5.57. The summed E-state index contributed by atoms with van der Waals surface area (Å²) >= 11 is 0. The van der Waals surface area contributed by atoms with Crippen molar-refractivity contribution in [2.45, 2.75) is 25.4 Å². The van der Waals surface area contributed by atoms with Gasteiger partial charge in [0.25, 0.3) is 0 Å². The van der Waals surface area contributed by atoms with Gasteiger partial charge in [-0.15, -0.1) is 12.4 Å². The largest absolute Gasteiger partial charge is 0.316 e. The quantitative estimate of drug-likeness (QED) is 0.938. The molecule has 120 valence electrons. The molecule has 0 saturated carbocycles. The van der Waals surface area contributed by atoms with Crippen molar-refractivity contribution in [3.8, 4) is 5.69 Å². The minimum atomic E-state index is -0.222. The maximum absolute atomic E-state index is 13.0. The lowest BCUT2D eigenvalue weighted by Gasteiger charge is -2.32. The minimum absolute atomic E-state index is 0. The van der Waals surface area contributed by atoms with Crippen molar-refractivity contribution in [3.63, 3.8) is 0 Å². The van der Waals surface area contributed by atoms with Gasteiger partial charge in [-0.3, -0.25) is 4.90 Å². The monoisotopic (exact) mass is 324 g/mol. The molecule has 4 nitrogen and oxygen atoms in total. The van der Waals surface area contributed by atoms with Crippen LogP contribution < -0.4 is 5.32 Å². The van der Waals surface area contributed by atoms with Crippen LogP contribution in [-0.2, 0) is 6.54 Å². The van der Waals surface area contributed by atoms with E-state index in [2.05, 4.69) is 15.3 Å². The van der Waals surface area contributed by atoms with Crippen LogP contribution in [-0.4, -0.2) is 40.9 Å². The molecule has 1 saturated heterocycles. The summed E-state index contributed by atoms with van der Waals surface area (Å²) in [6.07, 6.45) is 4.26. The Labute approximate surface area is 136 Å². The number of halogens is 2. The number of benzene rings is 1. The molecule has 2 heterocycles. The first-order valence-electron chi connectivity index (χ1n) is 7.45. The highest BCUT2D eigenvalue weighted by molar-refractivity contribution is 5.85. The van der Waals surface area contributed by atoms with E-state index in [-0.39, 0.29) is 18.2 Å². The predicted octanol–water partition coefficient (Wildman–Crippen LogP) is 2.62. The summed E-state index contributed by atoms with van der Waals surface area (Å²) in [5.74, 6) is -0.222. The van der Waals surface area contributed by atoms with E-state index < -0.39 is 0 Å². The van der Waals surface area contributed by atoms with E-state index in [0.29, 0.717) is 6.04 Å². The highest BCUT2D eigenvalue weighted by Crippen LogP contribution is 2.16. The molecular weight excluding hydrogens is 303 g/mol. The van der Waals surface area contributed by atoms with Gasteiger partial charge in [-0.1, -0.05) is 0 Å². The van der Waals surface area contributed by atoms with Gasteiger partial charge in [-0.05, 0) is 56.8 Å². The molecule has 0 radical (unpaired) electrons. The van der Waals surface area contributed by atoms with Crippen LogP contribution in [0.15, 0.2) is 36.5 Å². The molecule has 1 atom stereocenters. The van der Waals surface area contributed by atoms with Crippen molar-refractivity contribution >= 4 is 12.4 Å². The van der Waals surface area contributed by atoms with Crippen LogP contribution in [0.1, 0.15) is 18.5 Å². The standard InChI is InChI=1S/C16H21FN4.ClH/c1-18-14-3-2-10-20(11-14)12-16-8-9-19-21(16)15-6-4-13(17)5-7-15;/h4-9,14,18H,2-3,10-12H2,1H3;1H. The van der Waals surface area contributed by atoms with E-state index in [1.165, 1.54) is 25.0 Å². The lowest BCUT2D eigenvalue weighted by atomic mass is 10.1. The van der Waals surface area contributed by atoms with E-state index >= 15 is 0 Å². The van der Waals surface area contributed by atoms with Crippen molar-refractivity contribution in [3.05, 3.63) is 48.0 Å². The number of nitrogens with one attached hydrogen (secondary N) is 1. The molecule has 0 spiro atoms. The summed E-state index contributed by atoms with van der Waals surface area (Å²) < 4.78 is 14.9. The zero-order chi connectivity index (χ0) is 14.7.